The van der Waals surface area contributed by atoms with Crippen molar-refractivity contribution in [1.29, 1.82) is 0 Å². The highest BCUT2D eigenvalue weighted by atomic mass is 19.4. The van der Waals surface area contributed by atoms with Gasteiger partial charge in [0, 0.05) is 61.9 Å². The maximum atomic E-state index is 12.8. The number of piperazine rings is 1. The lowest BCUT2D eigenvalue weighted by molar-refractivity contribution is -0.388. The lowest BCUT2D eigenvalue weighted by atomic mass is 9.95. The Morgan fingerprint density at radius 3 is 2.22 bits per heavy atom. The van der Waals surface area contributed by atoms with Crippen molar-refractivity contribution >= 4 is 17.5 Å². The number of ether oxygens (including phenoxy) is 1. The summed E-state index contributed by atoms with van der Waals surface area (Å²) in [6.45, 7) is 4.68. The summed E-state index contributed by atoms with van der Waals surface area (Å²) in [4.78, 5) is 25.6. The smallest absolute Gasteiger partial charge is 0.423 e. The molecule has 41 heavy (non-hydrogen) atoms. The first kappa shape index (κ1) is 31.9. The van der Waals surface area contributed by atoms with E-state index >= 15 is 0 Å². The van der Waals surface area contributed by atoms with Gasteiger partial charge in [-0.1, -0.05) is 19.3 Å². The molecule has 4 N–H and O–H groups in total. The topological polar surface area (TPSA) is 134 Å². The van der Waals surface area contributed by atoms with Gasteiger partial charge in [-0.05, 0) is 57.6 Å². The number of aliphatic hydroxyl groups excluding tert-OH is 1. The molecule has 0 spiro atoms. The first-order chi connectivity index (χ1) is 19.5. The van der Waals surface area contributed by atoms with E-state index in [9.17, 15) is 33.2 Å². The number of nitrogens with zero attached hydrogens (tertiary/aromatic N) is 3. The number of allylic oxidation sites excluding steroid dienone is 2. The van der Waals surface area contributed by atoms with E-state index in [-0.39, 0.29) is 29.7 Å². The number of nitrogens with one attached hydrogen (secondary N) is 1. The molecule has 10 nitrogen and oxygen atoms in total. The minimum absolute atomic E-state index is 0.0515. The molecule has 1 aromatic carbocycles. The Hall–Kier alpha value is -3.64. The van der Waals surface area contributed by atoms with Gasteiger partial charge in [-0.25, -0.2) is 4.79 Å². The second-order valence-electron chi connectivity index (χ2n) is 10.6. The van der Waals surface area contributed by atoms with Crippen LogP contribution in [0.25, 0.3) is 0 Å². The van der Waals surface area contributed by atoms with Crippen LogP contribution in [0.15, 0.2) is 41.9 Å². The third kappa shape index (κ3) is 9.75. The van der Waals surface area contributed by atoms with Gasteiger partial charge in [-0.2, -0.15) is 13.2 Å². The Kier molecular flexibility index (Phi) is 11.5. The fourth-order valence-electron chi connectivity index (χ4n) is 5.31. The van der Waals surface area contributed by atoms with Crippen molar-refractivity contribution in [2.75, 3.05) is 31.5 Å². The van der Waals surface area contributed by atoms with Crippen LogP contribution in [-0.4, -0.2) is 64.2 Å². The number of nitro groups is 1. The maximum Gasteiger partial charge on any atom is 0.423 e. The van der Waals surface area contributed by atoms with Gasteiger partial charge in [0.2, 0.25) is 0 Å². The molecular weight excluding hydrogens is 543 g/mol. The van der Waals surface area contributed by atoms with Gasteiger partial charge in [0.25, 0.3) is 5.69 Å². The lowest BCUT2D eigenvalue weighted by Crippen LogP contribution is -2.48. The number of hydrogen-bond acceptors (Lipinski definition) is 8. The van der Waals surface area contributed by atoms with Gasteiger partial charge in [0.15, 0.2) is 0 Å². The molecule has 4 rings (SSSR count). The fraction of sp³-hybridized carbons (Fsp3) is 0.607. The van der Waals surface area contributed by atoms with Gasteiger partial charge in [-0.15, -0.1) is 0 Å². The van der Waals surface area contributed by atoms with Gasteiger partial charge in [-0.3, -0.25) is 10.1 Å². The SMILES string of the molecule is C/C(=C\C(O)=C/N)N1CCN(C(=O)OC2CCCC2)CC1.O=[N+]([O-])c1ccc(NC2CCCCC2)cc1C(F)(F)F. The summed E-state index contributed by atoms with van der Waals surface area (Å²) >= 11 is 0. The van der Waals surface area contributed by atoms with Crippen LogP contribution in [0.3, 0.4) is 0 Å². The molecule has 228 valence electrons. The highest BCUT2D eigenvalue weighted by Crippen LogP contribution is 2.38. The second kappa shape index (κ2) is 14.8. The predicted octanol–water partition coefficient (Wildman–Crippen LogP) is 6.30. The summed E-state index contributed by atoms with van der Waals surface area (Å²) in [5.41, 5.74) is 4.36. The van der Waals surface area contributed by atoms with E-state index in [4.69, 9.17) is 10.5 Å². The largest absolute Gasteiger partial charge is 0.506 e. The number of halogens is 3. The zero-order valence-corrected chi connectivity index (χ0v) is 23.4. The summed E-state index contributed by atoms with van der Waals surface area (Å²) in [5, 5.41) is 23.1. The van der Waals surface area contributed by atoms with E-state index in [0.29, 0.717) is 13.1 Å². The van der Waals surface area contributed by atoms with Crippen LogP contribution in [0.2, 0.25) is 0 Å². The second-order valence-corrected chi connectivity index (χ2v) is 10.6. The Labute approximate surface area is 238 Å². The molecule has 0 bridgehead atoms. The number of amides is 1. The van der Waals surface area contributed by atoms with Crippen LogP contribution in [0.4, 0.5) is 29.3 Å². The number of benzene rings is 1. The van der Waals surface area contributed by atoms with Gasteiger partial charge in [0.1, 0.15) is 17.4 Å². The van der Waals surface area contributed by atoms with Gasteiger partial charge < -0.3 is 30.7 Å². The molecule has 2 saturated carbocycles. The molecule has 3 fully saturated rings. The zero-order valence-electron chi connectivity index (χ0n) is 23.4. The number of anilines is 1. The molecule has 13 heteroatoms. The zero-order chi connectivity index (χ0) is 30.0. The van der Waals surface area contributed by atoms with E-state index in [0.717, 1.165) is 88.7 Å². The van der Waals surface area contributed by atoms with Crippen molar-refractivity contribution in [1.82, 2.24) is 9.80 Å². The monoisotopic (exact) mass is 583 g/mol. The van der Waals surface area contributed by atoms with Crippen molar-refractivity contribution in [3.05, 3.63) is 57.6 Å². The number of alkyl halides is 3. The molecule has 0 aromatic heterocycles. The van der Waals surface area contributed by atoms with Crippen LogP contribution in [-0.2, 0) is 10.9 Å². The van der Waals surface area contributed by atoms with Crippen LogP contribution in [0.1, 0.15) is 70.3 Å². The van der Waals surface area contributed by atoms with Gasteiger partial charge in [0.05, 0.1) is 4.92 Å². The Morgan fingerprint density at radius 2 is 1.66 bits per heavy atom. The van der Waals surface area contributed by atoms with Gasteiger partial charge >= 0.3 is 12.3 Å². The van der Waals surface area contributed by atoms with Crippen molar-refractivity contribution in [3.8, 4) is 0 Å². The molecule has 1 heterocycles. The molecule has 1 aromatic rings. The van der Waals surface area contributed by atoms with E-state index in [1.807, 2.05) is 6.92 Å². The summed E-state index contributed by atoms with van der Waals surface area (Å²) in [6.07, 6.45) is 7.39. The van der Waals surface area contributed by atoms with Crippen LogP contribution >= 0.6 is 0 Å². The van der Waals surface area contributed by atoms with E-state index in [1.54, 1.807) is 11.0 Å². The van der Waals surface area contributed by atoms with Crippen LogP contribution in [0.5, 0.6) is 0 Å². The number of carbonyl (C=O) groups excluding carboxylic acids is 1. The normalized spacial score (nSPS) is 19.4. The maximum absolute atomic E-state index is 12.8. The van der Waals surface area contributed by atoms with Crippen molar-refractivity contribution in [2.24, 2.45) is 5.73 Å². The van der Waals surface area contributed by atoms with Crippen molar-refractivity contribution in [3.63, 3.8) is 0 Å². The molecule has 1 saturated heterocycles. The molecule has 3 aliphatic rings. The quantitative estimate of drug-likeness (QED) is 0.154. The Balaban J connectivity index is 0.000000226. The number of hydrogen-bond donors (Lipinski definition) is 3. The number of nitrogens with two attached hydrogens (primary N) is 1. The number of carbonyl (C=O) groups is 1. The molecule has 0 radical (unpaired) electrons. The van der Waals surface area contributed by atoms with Crippen molar-refractivity contribution in [2.45, 2.75) is 83.0 Å². The summed E-state index contributed by atoms with van der Waals surface area (Å²) in [6, 6.07) is 3.22. The number of aliphatic hydroxyl groups is 1. The van der Waals surface area contributed by atoms with Crippen LogP contribution < -0.4 is 11.1 Å². The Morgan fingerprint density at radius 1 is 1.07 bits per heavy atom. The molecule has 2 aliphatic carbocycles. The highest BCUT2D eigenvalue weighted by Gasteiger charge is 2.38. The Bertz CT molecular complexity index is 1090. The first-order valence-corrected chi connectivity index (χ1v) is 14.1. The third-order valence-corrected chi connectivity index (χ3v) is 7.61. The van der Waals surface area contributed by atoms with E-state index in [2.05, 4.69) is 10.2 Å². The summed E-state index contributed by atoms with van der Waals surface area (Å²) in [7, 11) is 0. The van der Waals surface area contributed by atoms with E-state index < -0.39 is 22.4 Å². The van der Waals surface area contributed by atoms with Crippen LogP contribution in [0, 0.1) is 10.1 Å². The lowest BCUT2D eigenvalue weighted by Gasteiger charge is -2.36. The average Bonchev–Trinajstić information content (AvgIpc) is 3.46. The molecular formula is C28H40F3N5O5. The highest BCUT2D eigenvalue weighted by molar-refractivity contribution is 5.68. The molecule has 0 unspecified atom stereocenters. The average molecular weight is 584 g/mol. The van der Waals surface area contributed by atoms with E-state index in [1.165, 1.54) is 12.3 Å². The minimum atomic E-state index is -4.73. The standard InChI is InChI=1S/C15H25N3O3.C13H15F3N2O2/c1-12(10-13(19)11-16)17-6-8-18(9-7-17)15(20)21-14-4-2-3-5-14;14-13(15,16)11-8-10(6-7-12(11)18(19)20)17-9-4-2-1-3-5-9/h10-11,14,19H,2-9,16H2,1H3;6-9,17H,1-5H2/b12-10+,13-11+;. The summed E-state index contributed by atoms with van der Waals surface area (Å²) < 4.78 is 44.0. The van der Waals surface area contributed by atoms with Crippen molar-refractivity contribution < 1.29 is 32.7 Å². The minimum Gasteiger partial charge on any atom is -0.506 e. The third-order valence-electron chi connectivity index (χ3n) is 7.61. The number of nitro benzene ring substituents is 1. The number of rotatable bonds is 6. The summed E-state index contributed by atoms with van der Waals surface area (Å²) in [5.74, 6) is 0.0515. The fourth-order valence-corrected chi connectivity index (χ4v) is 5.31. The molecule has 1 aliphatic heterocycles. The first-order valence-electron chi connectivity index (χ1n) is 14.1. The molecule has 1 amide bonds. The molecule has 0 atom stereocenters. The predicted molar refractivity (Wildman–Crippen MR) is 149 cm³/mol.